The van der Waals surface area contributed by atoms with Crippen LogP contribution in [0.3, 0.4) is 0 Å². The second-order valence-electron chi connectivity index (χ2n) is 27.9. The van der Waals surface area contributed by atoms with Gasteiger partial charge in [-0.2, -0.15) is 0 Å². The number of benzene rings is 16. The molecule has 10 heteroatoms. The zero-order valence-corrected chi connectivity index (χ0v) is 57.7. The molecule has 24 rings (SSSR count). The summed E-state index contributed by atoms with van der Waals surface area (Å²) in [6.45, 7) is 0. The summed E-state index contributed by atoms with van der Waals surface area (Å²) >= 11 is 0. The van der Waals surface area contributed by atoms with Crippen molar-refractivity contribution in [3.8, 4) is 124 Å². The lowest BCUT2D eigenvalue weighted by Crippen LogP contribution is -2.01. The summed E-state index contributed by atoms with van der Waals surface area (Å²) in [6, 6.07) is 119. The van der Waals surface area contributed by atoms with Crippen molar-refractivity contribution in [2.24, 2.45) is 0 Å². The minimum atomic E-state index is 0.619. The average molecular weight is 1380 g/mol. The Labute approximate surface area is 617 Å². The maximum atomic E-state index is 6.69. The van der Waals surface area contributed by atoms with Crippen molar-refractivity contribution in [2.45, 2.75) is 0 Å². The van der Waals surface area contributed by atoms with Gasteiger partial charge in [-0.1, -0.05) is 267 Å². The predicted molar refractivity (Wildman–Crippen MR) is 439 cm³/mol. The third-order valence-corrected chi connectivity index (χ3v) is 21.9. The molecule has 0 unspecified atom stereocenters. The number of aromatic nitrogens is 8. The Hall–Kier alpha value is -14.7. The fraction of sp³-hybridized carbons (Fsp3) is 0. The molecule has 0 atom stereocenters. The average Bonchev–Trinajstić information content (AvgIpc) is 1.53. The highest BCUT2D eigenvalue weighted by atomic mass is 16.3. The first-order valence-electron chi connectivity index (χ1n) is 36.4. The van der Waals surface area contributed by atoms with E-state index in [1.807, 2.05) is 133 Å². The predicted octanol–water partition coefficient (Wildman–Crippen LogP) is 25.3. The second-order valence-corrected chi connectivity index (χ2v) is 27.9. The van der Waals surface area contributed by atoms with Crippen molar-refractivity contribution in [3.05, 3.63) is 340 Å². The topological polar surface area (TPSA) is 113 Å². The molecule has 0 saturated carbocycles. The van der Waals surface area contributed by atoms with Crippen LogP contribution in [0.25, 0.3) is 233 Å². The third kappa shape index (κ3) is 9.01. The molecule has 0 N–H and O–H groups in total. The van der Waals surface area contributed by atoms with Crippen LogP contribution >= 0.6 is 0 Å². The van der Waals surface area contributed by atoms with Crippen molar-refractivity contribution in [2.75, 3.05) is 0 Å². The Balaban J connectivity index is 0.000000130. The summed E-state index contributed by atoms with van der Waals surface area (Å²) < 4.78 is 18.1. The van der Waals surface area contributed by atoms with Crippen molar-refractivity contribution in [1.82, 2.24) is 39.0 Å². The highest BCUT2D eigenvalue weighted by Crippen LogP contribution is 2.56. The minimum absolute atomic E-state index is 0.619. The number of fused-ring (bicyclic) bond motifs is 14. The van der Waals surface area contributed by atoms with E-state index in [0.29, 0.717) is 34.9 Å². The first kappa shape index (κ1) is 59.8. The Bertz CT molecular complexity index is 7410. The van der Waals surface area contributed by atoms with Gasteiger partial charge in [-0.3, -0.25) is 0 Å². The lowest BCUT2D eigenvalue weighted by atomic mass is 9.91. The van der Waals surface area contributed by atoms with Gasteiger partial charge in [-0.25, -0.2) is 29.9 Å². The van der Waals surface area contributed by atoms with E-state index in [9.17, 15) is 0 Å². The van der Waals surface area contributed by atoms with Crippen molar-refractivity contribution < 1.29 is 8.83 Å². The van der Waals surface area contributed by atoms with Gasteiger partial charge in [0.15, 0.2) is 34.9 Å². The van der Waals surface area contributed by atoms with E-state index in [4.69, 9.17) is 38.7 Å². The SMILES string of the molecule is c1ccc(-c2nc(-c3ccccc3)nc(-c3ccc(-n4c5cc6oc7ccccc7c6c6c5c5c7c(cccc7ccc54)-c4ccccc4-6)cc3)n2)cc1.c1ccc(-c2nc(-c3ccccc3)nc(-c3cccc(-n4c5cc6oc7ccccc7c6c6c5c5c7c(cccc7ccc54)-c4ccccc4-6)c3)n2)cc1. The fourth-order valence-corrected chi connectivity index (χ4v) is 17.3. The zero-order chi connectivity index (χ0) is 70.7. The van der Waals surface area contributed by atoms with Gasteiger partial charge in [-0.05, 0) is 116 Å². The molecule has 0 aliphatic heterocycles. The number of hydrogen-bond acceptors (Lipinski definition) is 8. The normalized spacial score (nSPS) is 12.1. The summed E-state index contributed by atoms with van der Waals surface area (Å²) in [5.41, 5.74) is 25.5. The standard InChI is InChI=1S/2C49H28N4O/c1-3-13-30(14-4-1)47-50-48(31-15-5-2-6-16-31)52-49(51-47)32-18-11-19-33(27-32)53-38-26-25-29-17-12-23-35-34-20-7-8-21-36(34)44-43-37-22-9-10-24-40(37)54-41(43)28-39(53)46(44)45(38)42(29)35;1-3-12-30(13-4-1)47-50-48(31-14-5-2-6-15-31)52-49(51-47)32-22-25-33(26-23-32)53-38-27-24-29-16-11-20-35-34-17-7-8-18-36(34)44-43-37-19-9-10-21-40(37)54-41(43)28-39(53)46(44)45(38)42(29)35/h2*1-28H. The largest absolute Gasteiger partial charge is 0.456 e. The molecule has 0 fully saturated rings. The molecule has 108 heavy (non-hydrogen) atoms. The molecule has 0 bridgehead atoms. The summed E-state index contributed by atoms with van der Waals surface area (Å²) in [6.07, 6.45) is 0. The molecule has 6 heterocycles. The molecular formula is C98H56N8O2. The molecule has 0 spiro atoms. The summed E-state index contributed by atoms with van der Waals surface area (Å²) in [4.78, 5) is 29.9. The van der Waals surface area contributed by atoms with Crippen LogP contribution < -0.4 is 0 Å². The number of nitrogens with zero attached hydrogens (tertiary/aromatic N) is 8. The first-order chi connectivity index (χ1) is 53.6. The van der Waals surface area contributed by atoms with Crippen LogP contribution in [0, 0.1) is 0 Å². The molecule has 0 amide bonds. The van der Waals surface area contributed by atoms with Crippen LogP contribution in [0.1, 0.15) is 0 Å². The second kappa shape index (κ2) is 23.4. The molecule has 2 aliphatic rings. The molecular weight excluding hydrogens is 1320 g/mol. The molecule has 16 aromatic carbocycles. The molecule has 10 nitrogen and oxygen atoms in total. The quantitative estimate of drug-likeness (QED) is 0.148. The van der Waals surface area contributed by atoms with E-state index < -0.39 is 0 Å². The van der Waals surface area contributed by atoms with Crippen LogP contribution in [0.15, 0.2) is 349 Å². The van der Waals surface area contributed by atoms with Crippen LogP contribution in [0.2, 0.25) is 0 Å². The molecule has 2 aliphatic carbocycles. The zero-order valence-electron chi connectivity index (χ0n) is 57.7. The van der Waals surface area contributed by atoms with Crippen molar-refractivity contribution >= 4 is 109 Å². The third-order valence-electron chi connectivity index (χ3n) is 21.9. The summed E-state index contributed by atoms with van der Waals surface area (Å²) in [5, 5.41) is 14.5. The van der Waals surface area contributed by atoms with Crippen LogP contribution in [-0.2, 0) is 0 Å². The van der Waals surface area contributed by atoms with Crippen molar-refractivity contribution in [3.63, 3.8) is 0 Å². The Kier molecular flexibility index (Phi) is 12.9. The van der Waals surface area contributed by atoms with E-state index in [1.165, 1.54) is 87.6 Å². The van der Waals surface area contributed by atoms with Crippen LogP contribution in [0.5, 0.6) is 0 Å². The molecule has 6 aromatic heterocycles. The maximum absolute atomic E-state index is 6.69. The van der Waals surface area contributed by atoms with E-state index in [1.54, 1.807) is 0 Å². The lowest BCUT2D eigenvalue weighted by molar-refractivity contribution is 0.669. The number of furan rings is 2. The van der Waals surface area contributed by atoms with E-state index in [-0.39, 0.29) is 0 Å². The first-order valence-corrected chi connectivity index (χ1v) is 36.4. The van der Waals surface area contributed by atoms with Gasteiger partial charge in [0.05, 0.1) is 22.1 Å². The smallest absolute Gasteiger partial charge is 0.164 e. The van der Waals surface area contributed by atoms with Crippen LogP contribution in [-0.4, -0.2) is 39.0 Å². The highest BCUT2D eigenvalue weighted by molar-refractivity contribution is 6.37. The van der Waals surface area contributed by atoms with E-state index in [0.717, 1.165) is 111 Å². The maximum Gasteiger partial charge on any atom is 0.164 e. The Morgan fingerprint density at radius 2 is 0.537 bits per heavy atom. The molecule has 22 aromatic rings. The molecule has 500 valence electrons. The van der Waals surface area contributed by atoms with Crippen molar-refractivity contribution in [1.29, 1.82) is 0 Å². The summed E-state index contributed by atoms with van der Waals surface area (Å²) in [7, 11) is 0. The summed E-state index contributed by atoms with van der Waals surface area (Å²) in [5.74, 6) is 3.81. The Morgan fingerprint density at radius 3 is 0.972 bits per heavy atom. The van der Waals surface area contributed by atoms with Gasteiger partial charge in [0.25, 0.3) is 0 Å². The van der Waals surface area contributed by atoms with Gasteiger partial charge in [0.1, 0.15) is 22.3 Å². The van der Waals surface area contributed by atoms with Gasteiger partial charge < -0.3 is 18.0 Å². The molecule has 0 saturated heterocycles. The van der Waals surface area contributed by atoms with Gasteiger partial charge >= 0.3 is 0 Å². The van der Waals surface area contributed by atoms with Gasteiger partial charge in [0, 0.05) is 111 Å². The lowest BCUT2D eigenvalue weighted by Gasteiger charge is -2.15. The number of hydrogen-bond donors (Lipinski definition) is 0. The molecule has 0 radical (unpaired) electrons. The van der Waals surface area contributed by atoms with E-state index in [2.05, 4.69) is 215 Å². The van der Waals surface area contributed by atoms with Gasteiger partial charge in [-0.15, -0.1) is 0 Å². The number of rotatable bonds is 8. The highest BCUT2D eigenvalue weighted by Gasteiger charge is 2.32. The van der Waals surface area contributed by atoms with Crippen LogP contribution in [0.4, 0.5) is 0 Å². The Morgan fingerprint density at radius 1 is 0.194 bits per heavy atom. The van der Waals surface area contributed by atoms with E-state index >= 15 is 0 Å². The minimum Gasteiger partial charge on any atom is -0.456 e. The monoisotopic (exact) mass is 1380 g/mol. The van der Waals surface area contributed by atoms with Gasteiger partial charge in [0.2, 0.25) is 0 Å². The fourth-order valence-electron chi connectivity index (χ4n) is 17.3. The number of para-hydroxylation sites is 2.